The monoisotopic (exact) mass is 166 g/mol. The van der Waals surface area contributed by atoms with Crippen molar-refractivity contribution in [3.63, 3.8) is 0 Å². The Kier molecular flexibility index (Phi) is 2.61. The minimum absolute atomic E-state index is 0.270. The van der Waals surface area contributed by atoms with E-state index in [0.717, 1.165) is 0 Å². The summed E-state index contributed by atoms with van der Waals surface area (Å²) in [5.41, 5.74) is 0. The Morgan fingerprint density at radius 1 is 1.30 bits per heavy atom. The third-order valence-electron chi connectivity index (χ3n) is 1.47. The van der Waals surface area contributed by atoms with Gasteiger partial charge in [-0.15, -0.1) is 9.24 Å². The number of ether oxygens (including phenoxy) is 1. The lowest BCUT2D eigenvalue weighted by Gasteiger charge is -2.32. The van der Waals surface area contributed by atoms with Gasteiger partial charge in [-0.25, -0.2) is 0 Å². The summed E-state index contributed by atoms with van der Waals surface area (Å²) >= 11 is 0. The van der Waals surface area contributed by atoms with Crippen molar-refractivity contribution in [1.29, 1.82) is 0 Å². The van der Waals surface area contributed by atoms with Gasteiger partial charge >= 0.3 is 0 Å². The fourth-order valence-electron chi connectivity index (χ4n) is 0.883. The summed E-state index contributed by atoms with van der Waals surface area (Å²) in [4.78, 5) is 0. The van der Waals surface area contributed by atoms with Crippen LogP contribution in [0.5, 0.6) is 0 Å². The topological polar surface area (TPSA) is 69.9 Å². The van der Waals surface area contributed by atoms with Crippen molar-refractivity contribution >= 4 is 9.24 Å². The molecule has 0 amide bonds. The van der Waals surface area contributed by atoms with E-state index < -0.39 is 18.5 Å². The number of aliphatic hydroxyl groups is 3. The Morgan fingerprint density at radius 2 is 1.90 bits per heavy atom. The molecule has 10 heavy (non-hydrogen) atoms. The molecule has 0 spiro atoms. The summed E-state index contributed by atoms with van der Waals surface area (Å²) in [6.45, 7) is 0. The third kappa shape index (κ3) is 1.65. The lowest BCUT2D eigenvalue weighted by Crippen LogP contribution is -2.46. The van der Waals surface area contributed by atoms with Gasteiger partial charge in [0.1, 0.15) is 6.10 Å². The first-order chi connectivity index (χ1) is 4.61. The van der Waals surface area contributed by atoms with E-state index in [1.807, 2.05) is 0 Å². The molecular formula is C5H11O4P. The van der Waals surface area contributed by atoms with Crippen LogP contribution >= 0.6 is 9.24 Å². The number of hydrogen-bond acceptors (Lipinski definition) is 4. The predicted octanol–water partition coefficient (Wildman–Crippen LogP) is -1.35. The minimum atomic E-state index is -1.26. The van der Waals surface area contributed by atoms with Gasteiger partial charge in [-0.05, 0) is 0 Å². The second-order valence-electron chi connectivity index (χ2n) is 2.36. The maximum absolute atomic E-state index is 9.02. The summed E-state index contributed by atoms with van der Waals surface area (Å²) in [5, 5.41) is 26.8. The highest BCUT2D eigenvalue weighted by Gasteiger charge is 2.33. The molecule has 4 nitrogen and oxygen atoms in total. The molecule has 1 rings (SSSR count). The van der Waals surface area contributed by atoms with Crippen LogP contribution in [0.3, 0.4) is 0 Å². The third-order valence-corrected chi connectivity index (χ3v) is 1.90. The molecule has 3 N–H and O–H groups in total. The van der Waals surface area contributed by atoms with Crippen molar-refractivity contribution in [2.45, 2.75) is 30.8 Å². The van der Waals surface area contributed by atoms with Gasteiger partial charge in [-0.2, -0.15) is 0 Å². The van der Waals surface area contributed by atoms with Crippen LogP contribution in [-0.4, -0.2) is 39.7 Å². The zero-order valence-electron chi connectivity index (χ0n) is 5.34. The standard InChI is InChI=1S/C5H11O4P/c6-2-1-3(10)9-5(8)4(2)7/h2-8H,1,10H2/t2-,3?,4-,5+/m1/s1. The van der Waals surface area contributed by atoms with Crippen LogP contribution < -0.4 is 0 Å². The van der Waals surface area contributed by atoms with E-state index in [2.05, 4.69) is 9.24 Å². The smallest absolute Gasteiger partial charge is 0.184 e. The van der Waals surface area contributed by atoms with E-state index in [9.17, 15) is 0 Å². The van der Waals surface area contributed by atoms with Gasteiger partial charge in [0.05, 0.1) is 11.9 Å². The maximum atomic E-state index is 9.02. The van der Waals surface area contributed by atoms with Crippen LogP contribution in [0.15, 0.2) is 0 Å². The Bertz CT molecular complexity index is 108. The molecule has 5 heteroatoms. The SMILES string of the molecule is O[C@@H]1[C@H](O)CC(P)O[C@@H]1O. The average Bonchev–Trinajstić information content (AvgIpc) is 1.82. The van der Waals surface area contributed by atoms with Crippen LogP contribution in [-0.2, 0) is 4.74 Å². The van der Waals surface area contributed by atoms with Gasteiger partial charge in [0, 0.05) is 6.42 Å². The zero-order chi connectivity index (χ0) is 7.72. The molecule has 2 unspecified atom stereocenters. The molecule has 60 valence electrons. The van der Waals surface area contributed by atoms with Crippen LogP contribution in [0.25, 0.3) is 0 Å². The largest absolute Gasteiger partial charge is 0.390 e. The van der Waals surface area contributed by atoms with Gasteiger partial charge in [0.25, 0.3) is 0 Å². The van der Waals surface area contributed by atoms with E-state index in [4.69, 9.17) is 20.1 Å². The molecule has 0 aromatic carbocycles. The van der Waals surface area contributed by atoms with Crippen molar-refractivity contribution in [2.24, 2.45) is 0 Å². The van der Waals surface area contributed by atoms with Gasteiger partial charge in [-0.3, -0.25) is 0 Å². The van der Waals surface area contributed by atoms with E-state index in [1.165, 1.54) is 0 Å². The molecule has 0 aromatic heterocycles. The van der Waals surface area contributed by atoms with Gasteiger partial charge in [0.15, 0.2) is 6.29 Å². The van der Waals surface area contributed by atoms with Crippen molar-refractivity contribution in [3.8, 4) is 0 Å². The highest BCUT2D eigenvalue weighted by molar-refractivity contribution is 7.17. The molecule has 0 bridgehead atoms. The second-order valence-corrected chi connectivity index (χ2v) is 3.10. The first kappa shape index (κ1) is 8.37. The highest BCUT2D eigenvalue weighted by atomic mass is 31.0. The summed E-state index contributed by atoms with van der Waals surface area (Å²) in [5.74, 6) is -0.270. The number of rotatable bonds is 0. The van der Waals surface area contributed by atoms with E-state index in [1.54, 1.807) is 0 Å². The number of aliphatic hydroxyl groups excluding tert-OH is 3. The molecule has 1 aliphatic rings. The molecule has 1 saturated heterocycles. The molecule has 1 heterocycles. The average molecular weight is 166 g/mol. The first-order valence-corrected chi connectivity index (χ1v) is 3.73. The molecular weight excluding hydrogens is 155 g/mol. The van der Waals surface area contributed by atoms with Crippen LogP contribution in [0.1, 0.15) is 6.42 Å². The lowest BCUT2D eigenvalue weighted by molar-refractivity contribution is -0.228. The molecule has 1 aliphatic heterocycles. The number of hydrogen-bond donors (Lipinski definition) is 3. The summed E-state index contributed by atoms with van der Waals surface area (Å²) in [6.07, 6.45) is -2.97. The Labute approximate surface area is 61.0 Å². The van der Waals surface area contributed by atoms with E-state index in [0.29, 0.717) is 6.42 Å². The van der Waals surface area contributed by atoms with Gasteiger partial charge < -0.3 is 20.1 Å². The van der Waals surface area contributed by atoms with Crippen LogP contribution in [0.2, 0.25) is 0 Å². The molecule has 0 aromatic rings. The summed E-state index contributed by atoms with van der Waals surface area (Å²) < 4.78 is 4.78. The Morgan fingerprint density at radius 3 is 2.40 bits per heavy atom. The molecule has 0 radical (unpaired) electrons. The predicted molar refractivity (Wildman–Crippen MR) is 37.2 cm³/mol. The van der Waals surface area contributed by atoms with Crippen molar-refractivity contribution in [2.75, 3.05) is 0 Å². The summed E-state index contributed by atoms with van der Waals surface area (Å²) in [7, 11) is 2.32. The van der Waals surface area contributed by atoms with Crippen molar-refractivity contribution in [1.82, 2.24) is 0 Å². The Hall–Kier alpha value is 0.270. The van der Waals surface area contributed by atoms with Crippen molar-refractivity contribution in [3.05, 3.63) is 0 Å². The van der Waals surface area contributed by atoms with E-state index in [-0.39, 0.29) is 5.85 Å². The highest BCUT2D eigenvalue weighted by Crippen LogP contribution is 2.22. The molecule has 0 saturated carbocycles. The molecule has 1 fully saturated rings. The lowest BCUT2D eigenvalue weighted by atomic mass is 10.1. The van der Waals surface area contributed by atoms with Gasteiger partial charge in [-0.1, -0.05) is 0 Å². The first-order valence-electron chi connectivity index (χ1n) is 3.06. The fourth-order valence-corrected chi connectivity index (χ4v) is 1.32. The molecule has 5 atom stereocenters. The maximum Gasteiger partial charge on any atom is 0.184 e. The summed E-state index contributed by atoms with van der Waals surface area (Å²) in [6, 6.07) is 0. The molecule has 0 aliphatic carbocycles. The zero-order valence-corrected chi connectivity index (χ0v) is 6.50. The van der Waals surface area contributed by atoms with E-state index >= 15 is 0 Å². The Balaban J connectivity index is 2.49. The van der Waals surface area contributed by atoms with Crippen LogP contribution in [0, 0.1) is 0 Å². The fraction of sp³-hybridized carbons (Fsp3) is 1.00. The van der Waals surface area contributed by atoms with Gasteiger partial charge in [0.2, 0.25) is 0 Å². The normalized spacial score (nSPS) is 49.2. The minimum Gasteiger partial charge on any atom is -0.390 e. The van der Waals surface area contributed by atoms with Crippen molar-refractivity contribution < 1.29 is 20.1 Å². The quantitative estimate of drug-likeness (QED) is 0.389. The van der Waals surface area contributed by atoms with Crippen LogP contribution in [0.4, 0.5) is 0 Å². The second kappa shape index (κ2) is 3.11.